The predicted molar refractivity (Wildman–Crippen MR) is 98.1 cm³/mol. The van der Waals surface area contributed by atoms with Crippen molar-refractivity contribution in [3.8, 4) is 11.5 Å². The summed E-state index contributed by atoms with van der Waals surface area (Å²) >= 11 is 0. The van der Waals surface area contributed by atoms with Gasteiger partial charge in [0.25, 0.3) is 5.89 Å². The van der Waals surface area contributed by atoms with Crippen molar-refractivity contribution in [3.05, 3.63) is 30.1 Å². The summed E-state index contributed by atoms with van der Waals surface area (Å²) in [6.45, 7) is 5.15. The van der Waals surface area contributed by atoms with Crippen molar-refractivity contribution >= 4 is 17.6 Å². The Bertz CT molecular complexity index is 851. The van der Waals surface area contributed by atoms with Crippen molar-refractivity contribution in [2.24, 2.45) is 0 Å². The molecule has 0 aliphatic carbocycles. The van der Waals surface area contributed by atoms with E-state index in [1.165, 1.54) is 0 Å². The largest absolute Gasteiger partial charge is 0.353 e. The summed E-state index contributed by atoms with van der Waals surface area (Å²) in [5, 5.41) is 9.66. The Kier molecular flexibility index (Phi) is 4.76. The second-order valence-electron chi connectivity index (χ2n) is 6.67. The Morgan fingerprint density at radius 3 is 3.07 bits per heavy atom. The molecule has 2 N–H and O–H groups in total. The lowest BCUT2D eigenvalue weighted by atomic mass is 10.1. The fourth-order valence-corrected chi connectivity index (χ4v) is 3.41. The number of piperazine rings is 2. The van der Waals surface area contributed by atoms with Gasteiger partial charge in [0.2, 0.25) is 5.91 Å². The fourth-order valence-electron chi connectivity index (χ4n) is 3.41. The van der Waals surface area contributed by atoms with Gasteiger partial charge in [0.1, 0.15) is 6.04 Å². The summed E-state index contributed by atoms with van der Waals surface area (Å²) in [6, 6.07) is 6.80. The van der Waals surface area contributed by atoms with Gasteiger partial charge in [-0.25, -0.2) is 4.79 Å². The van der Waals surface area contributed by atoms with E-state index in [0.29, 0.717) is 50.0 Å². The Morgan fingerprint density at radius 2 is 2.26 bits per heavy atom. The molecule has 3 heterocycles. The molecule has 2 aliphatic heterocycles. The monoisotopic (exact) mass is 370 g/mol. The van der Waals surface area contributed by atoms with E-state index >= 15 is 0 Å². The van der Waals surface area contributed by atoms with Crippen LogP contribution < -0.4 is 10.6 Å². The summed E-state index contributed by atoms with van der Waals surface area (Å²) in [6.07, 6.45) is 0.695. The molecule has 0 bridgehead atoms. The Hall–Kier alpha value is -2.94. The van der Waals surface area contributed by atoms with Crippen molar-refractivity contribution in [3.63, 3.8) is 0 Å². The third-order valence-electron chi connectivity index (χ3n) is 4.92. The van der Waals surface area contributed by atoms with Gasteiger partial charge < -0.3 is 20.1 Å². The molecule has 1 aromatic heterocycles. The lowest BCUT2D eigenvalue weighted by molar-refractivity contribution is -0.131. The third kappa shape index (κ3) is 3.63. The van der Waals surface area contributed by atoms with Crippen molar-refractivity contribution in [2.45, 2.75) is 19.4 Å². The molecule has 3 amide bonds. The lowest BCUT2D eigenvalue weighted by Gasteiger charge is -2.42. The number of urea groups is 1. The maximum atomic E-state index is 12.7. The lowest BCUT2D eigenvalue weighted by Crippen LogP contribution is -2.64. The summed E-state index contributed by atoms with van der Waals surface area (Å²) in [5.74, 6) is 1.06. The normalized spacial score (nSPS) is 20.1. The van der Waals surface area contributed by atoms with Gasteiger partial charge in [-0.3, -0.25) is 9.69 Å². The number of aryl methyl sites for hydroxylation is 1. The number of amides is 3. The first-order chi connectivity index (χ1) is 13.1. The molecule has 2 aromatic rings. The van der Waals surface area contributed by atoms with Crippen LogP contribution in [0.2, 0.25) is 0 Å². The number of hydrogen-bond donors (Lipinski definition) is 2. The SMILES string of the molecule is CCc1noc(-c2cccc(NC(=O)N3CCN4CCNC(=O)[C@H]4C3)c2)n1. The number of anilines is 1. The highest BCUT2D eigenvalue weighted by atomic mass is 16.5. The maximum absolute atomic E-state index is 12.7. The number of carbonyl (C=O) groups excluding carboxylic acids is 2. The number of hydrogen-bond acceptors (Lipinski definition) is 6. The number of nitrogens with zero attached hydrogens (tertiary/aromatic N) is 4. The molecular weight excluding hydrogens is 348 g/mol. The van der Waals surface area contributed by atoms with Gasteiger partial charge in [0.05, 0.1) is 0 Å². The molecule has 4 rings (SSSR count). The van der Waals surface area contributed by atoms with Crippen LogP contribution in [0.3, 0.4) is 0 Å². The minimum Gasteiger partial charge on any atom is -0.353 e. The topological polar surface area (TPSA) is 104 Å². The van der Waals surface area contributed by atoms with Gasteiger partial charge in [0.15, 0.2) is 5.82 Å². The fraction of sp³-hybridized carbons (Fsp3) is 0.444. The molecule has 9 nitrogen and oxygen atoms in total. The molecule has 142 valence electrons. The van der Waals surface area contributed by atoms with Crippen molar-refractivity contribution in [2.75, 3.05) is 38.0 Å². The number of rotatable bonds is 3. The van der Waals surface area contributed by atoms with Gasteiger partial charge in [-0.2, -0.15) is 4.98 Å². The number of benzene rings is 1. The van der Waals surface area contributed by atoms with Crippen LogP contribution in [0.25, 0.3) is 11.5 Å². The molecule has 9 heteroatoms. The summed E-state index contributed by atoms with van der Waals surface area (Å²) in [7, 11) is 0. The molecule has 2 saturated heterocycles. The van der Waals surface area contributed by atoms with Gasteiger partial charge >= 0.3 is 6.03 Å². The number of fused-ring (bicyclic) bond motifs is 1. The minimum absolute atomic E-state index is 0.0103. The number of nitrogens with one attached hydrogen (secondary N) is 2. The van der Waals surface area contributed by atoms with Crippen LogP contribution in [0.15, 0.2) is 28.8 Å². The van der Waals surface area contributed by atoms with Gasteiger partial charge in [0, 0.05) is 50.4 Å². The third-order valence-corrected chi connectivity index (χ3v) is 4.92. The average Bonchev–Trinajstić information content (AvgIpc) is 3.18. The van der Waals surface area contributed by atoms with E-state index in [0.717, 1.165) is 12.1 Å². The first kappa shape index (κ1) is 17.5. The van der Waals surface area contributed by atoms with Crippen LogP contribution in [-0.4, -0.2) is 70.6 Å². The molecule has 2 fully saturated rings. The van der Waals surface area contributed by atoms with E-state index in [4.69, 9.17) is 4.52 Å². The molecule has 0 unspecified atom stereocenters. The first-order valence-corrected chi connectivity index (χ1v) is 9.14. The van der Waals surface area contributed by atoms with Crippen molar-refractivity contribution < 1.29 is 14.1 Å². The number of carbonyl (C=O) groups is 2. The highest BCUT2D eigenvalue weighted by molar-refractivity contribution is 5.91. The molecular formula is C18H22N6O3. The summed E-state index contributed by atoms with van der Waals surface area (Å²) < 4.78 is 5.25. The van der Waals surface area contributed by atoms with Crippen LogP contribution in [0.4, 0.5) is 10.5 Å². The van der Waals surface area contributed by atoms with Crippen LogP contribution in [0.1, 0.15) is 12.7 Å². The average molecular weight is 370 g/mol. The van der Waals surface area contributed by atoms with Gasteiger partial charge in [-0.15, -0.1) is 0 Å². The Labute approximate surface area is 156 Å². The minimum atomic E-state index is -0.268. The van der Waals surface area contributed by atoms with Crippen molar-refractivity contribution in [1.29, 1.82) is 0 Å². The van der Waals surface area contributed by atoms with Gasteiger partial charge in [-0.1, -0.05) is 18.1 Å². The Balaban J connectivity index is 1.43. The van der Waals surface area contributed by atoms with E-state index in [1.807, 2.05) is 25.1 Å². The quantitative estimate of drug-likeness (QED) is 0.834. The first-order valence-electron chi connectivity index (χ1n) is 9.14. The molecule has 0 radical (unpaired) electrons. The van der Waals surface area contributed by atoms with E-state index in [-0.39, 0.29) is 18.0 Å². The zero-order valence-corrected chi connectivity index (χ0v) is 15.1. The van der Waals surface area contributed by atoms with E-state index < -0.39 is 0 Å². The molecule has 2 aliphatic rings. The smallest absolute Gasteiger partial charge is 0.321 e. The van der Waals surface area contributed by atoms with Crippen molar-refractivity contribution in [1.82, 2.24) is 25.3 Å². The summed E-state index contributed by atoms with van der Waals surface area (Å²) in [5.41, 5.74) is 1.39. The van der Waals surface area contributed by atoms with Crippen LogP contribution in [-0.2, 0) is 11.2 Å². The molecule has 0 saturated carbocycles. The van der Waals surface area contributed by atoms with E-state index in [9.17, 15) is 9.59 Å². The highest BCUT2D eigenvalue weighted by Gasteiger charge is 2.36. The molecule has 1 atom stereocenters. The molecule has 1 aromatic carbocycles. The maximum Gasteiger partial charge on any atom is 0.321 e. The second kappa shape index (κ2) is 7.36. The number of aromatic nitrogens is 2. The van der Waals surface area contributed by atoms with E-state index in [1.54, 1.807) is 11.0 Å². The van der Waals surface area contributed by atoms with Crippen LogP contribution >= 0.6 is 0 Å². The molecule has 27 heavy (non-hydrogen) atoms. The molecule has 0 spiro atoms. The second-order valence-corrected chi connectivity index (χ2v) is 6.67. The predicted octanol–water partition coefficient (Wildman–Crippen LogP) is 0.947. The van der Waals surface area contributed by atoms with Gasteiger partial charge in [-0.05, 0) is 18.2 Å². The van der Waals surface area contributed by atoms with Crippen LogP contribution in [0.5, 0.6) is 0 Å². The van der Waals surface area contributed by atoms with Crippen LogP contribution in [0, 0.1) is 0 Å². The summed E-state index contributed by atoms with van der Waals surface area (Å²) in [4.78, 5) is 32.8. The standard InChI is InChI=1S/C18H22N6O3/c1-2-15-21-17(27-22-15)12-4-3-5-13(10-12)20-18(26)24-9-8-23-7-6-19-16(25)14(23)11-24/h3-5,10,14H,2,6-9,11H2,1H3,(H,19,25)(H,20,26)/t14-/m1/s1. The zero-order valence-electron chi connectivity index (χ0n) is 15.1. The zero-order chi connectivity index (χ0) is 18.8. The Morgan fingerprint density at radius 1 is 1.37 bits per heavy atom. The van der Waals surface area contributed by atoms with E-state index in [2.05, 4.69) is 25.7 Å². The highest BCUT2D eigenvalue weighted by Crippen LogP contribution is 2.22.